The Morgan fingerprint density at radius 3 is 2.22 bits per heavy atom. The van der Waals surface area contributed by atoms with Crippen molar-refractivity contribution in [2.24, 2.45) is 0 Å². The number of imide groups is 1. The number of amides is 2. The molecule has 3 rings (SSSR count). The molecule has 0 bridgehead atoms. The van der Waals surface area contributed by atoms with E-state index in [4.69, 9.17) is 0 Å². The molecule has 10 heteroatoms. The van der Waals surface area contributed by atoms with Crippen LogP contribution in [-0.2, 0) is 14.4 Å². The number of nitrogens with zero attached hydrogens (tertiary/aromatic N) is 1. The molecule has 0 saturated heterocycles. The molecule has 2 aromatic rings. The van der Waals surface area contributed by atoms with Crippen LogP contribution in [0.4, 0.5) is 13.2 Å². The van der Waals surface area contributed by atoms with Gasteiger partial charge < -0.3 is 0 Å². The molecule has 2 amide bonds. The lowest BCUT2D eigenvalue weighted by atomic mass is 9.87. The van der Waals surface area contributed by atoms with Gasteiger partial charge in [0.05, 0.1) is 11.1 Å². The molecule has 0 spiro atoms. The zero-order chi connectivity index (χ0) is 20.1. The smallest absolute Gasteiger partial charge is 0.266 e. The average Bonchev–Trinajstić information content (AvgIpc) is 2.61. The highest BCUT2D eigenvalue weighted by Crippen LogP contribution is 2.36. The van der Waals surface area contributed by atoms with Crippen molar-refractivity contribution in [2.45, 2.75) is 31.7 Å². The summed E-state index contributed by atoms with van der Waals surface area (Å²) in [7, 11) is -6.18. The van der Waals surface area contributed by atoms with Crippen LogP contribution in [-0.4, -0.2) is 30.8 Å². The van der Waals surface area contributed by atoms with Gasteiger partial charge in [-0.15, -0.1) is 9.35 Å². The molecule has 1 aliphatic heterocycles. The van der Waals surface area contributed by atoms with Gasteiger partial charge in [-0.2, -0.15) is 21.6 Å². The largest absolute Gasteiger partial charge is 0.525 e. The molecule has 0 aromatic heterocycles. The molecule has 1 unspecified atom stereocenters. The highest BCUT2D eigenvalue weighted by atomic mass is 32.2. The zero-order valence-electron chi connectivity index (χ0n) is 14.2. The summed E-state index contributed by atoms with van der Waals surface area (Å²) in [4.78, 5) is 25.0. The van der Waals surface area contributed by atoms with E-state index < -0.39 is 27.4 Å². The first-order valence-corrected chi connectivity index (χ1v) is 9.35. The van der Waals surface area contributed by atoms with E-state index in [0.29, 0.717) is 5.39 Å². The summed E-state index contributed by atoms with van der Waals surface area (Å²) < 4.78 is 64.1. The number of hydrogen-bond donors (Lipinski definition) is 0. The van der Waals surface area contributed by atoms with Gasteiger partial charge in [-0.25, -0.2) is 0 Å². The first-order valence-electron chi connectivity index (χ1n) is 7.95. The standard InChI is InChI=1S/C17H14F3NO5S/c1-3-9(2)10-7-8-13-14-11(10)5-4-6-12(14)15(22)21(16(13)23)26-27(24,25)17(18,19)20/h4-9H,3H2,1-2H3. The Morgan fingerprint density at radius 1 is 1.07 bits per heavy atom. The number of carbonyl (C=O) groups is 2. The van der Waals surface area contributed by atoms with Gasteiger partial charge in [0.2, 0.25) is 0 Å². The Kier molecular flexibility index (Phi) is 4.51. The molecule has 1 atom stereocenters. The van der Waals surface area contributed by atoms with Crippen molar-refractivity contribution < 1.29 is 35.5 Å². The average molecular weight is 401 g/mol. The van der Waals surface area contributed by atoms with E-state index in [2.05, 4.69) is 4.28 Å². The molecule has 1 heterocycles. The highest BCUT2D eigenvalue weighted by Gasteiger charge is 2.51. The fourth-order valence-electron chi connectivity index (χ4n) is 2.95. The normalized spacial score (nSPS) is 16.1. The maximum atomic E-state index is 12.6. The van der Waals surface area contributed by atoms with Crippen LogP contribution in [0, 0.1) is 0 Å². The molecule has 1 aliphatic rings. The summed E-state index contributed by atoms with van der Waals surface area (Å²) in [6.07, 6.45) is 0.791. The Balaban J connectivity index is 2.18. The van der Waals surface area contributed by atoms with Crippen LogP contribution in [0.5, 0.6) is 0 Å². The molecule has 0 saturated carbocycles. The molecule has 144 valence electrons. The minimum atomic E-state index is -6.18. The summed E-state index contributed by atoms with van der Waals surface area (Å²) in [6, 6.07) is 7.51. The number of benzene rings is 2. The molecule has 2 aromatic carbocycles. The fraction of sp³-hybridized carbons (Fsp3) is 0.294. The number of hydroxylamine groups is 2. The Morgan fingerprint density at radius 2 is 1.67 bits per heavy atom. The molecule has 0 N–H and O–H groups in total. The van der Waals surface area contributed by atoms with E-state index in [1.165, 1.54) is 18.2 Å². The minimum Gasteiger partial charge on any atom is -0.266 e. The van der Waals surface area contributed by atoms with Crippen molar-refractivity contribution >= 4 is 32.7 Å². The van der Waals surface area contributed by atoms with Gasteiger partial charge in [0.1, 0.15) is 0 Å². The second kappa shape index (κ2) is 6.31. The first-order chi connectivity index (χ1) is 12.5. The quantitative estimate of drug-likeness (QED) is 0.576. The van der Waals surface area contributed by atoms with Crippen LogP contribution in [0.25, 0.3) is 10.8 Å². The Labute approximate surface area is 152 Å². The van der Waals surface area contributed by atoms with Crippen LogP contribution >= 0.6 is 0 Å². The molecule has 0 fully saturated rings. The Bertz CT molecular complexity index is 1040. The number of rotatable bonds is 4. The van der Waals surface area contributed by atoms with Crippen LogP contribution in [0.2, 0.25) is 0 Å². The monoisotopic (exact) mass is 401 g/mol. The van der Waals surface area contributed by atoms with Crippen molar-refractivity contribution in [2.75, 3.05) is 0 Å². The zero-order valence-corrected chi connectivity index (χ0v) is 15.0. The third kappa shape index (κ3) is 2.98. The van der Waals surface area contributed by atoms with Crippen LogP contribution < -0.4 is 0 Å². The lowest BCUT2D eigenvalue weighted by Crippen LogP contribution is -2.44. The molecule has 0 radical (unpaired) electrons. The number of alkyl halides is 3. The van der Waals surface area contributed by atoms with Gasteiger partial charge in [0.15, 0.2) is 0 Å². The predicted octanol–water partition coefficient (Wildman–Crippen LogP) is 3.73. The van der Waals surface area contributed by atoms with E-state index in [1.807, 2.05) is 13.8 Å². The maximum Gasteiger partial charge on any atom is 0.525 e. The summed E-state index contributed by atoms with van der Waals surface area (Å²) in [6.45, 7) is 3.93. The van der Waals surface area contributed by atoms with Crippen LogP contribution in [0.15, 0.2) is 30.3 Å². The molecular formula is C17H14F3NO5S. The predicted molar refractivity (Wildman–Crippen MR) is 89.2 cm³/mol. The van der Waals surface area contributed by atoms with Crippen LogP contribution in [0.1, 0.15) is 52.5 Å². The van der Waals surface area contributed by atoms with Crippen molar-refractivity contribution in [1.82, 2.24) is 5.06 Å². The SMILES string of the molecule is CCC(C)c1ccc2c3c(cccc13)C(=O)N(OS(=O)(=O)C(F)(F)F)C2=O. The van der Waals surface area contributed by atoms with Gasteiger partial charge >= 0.3 is 15.6 Å². The van der Waals surface area contributed by atoms with Crippen molar-refractivity contribution in [3.8, 4) is 0 Å². The van der Waals surface area contributed by atoms with Crippen molar-refractivity contribution in [3.05, 3.63) is 47.0 Å². The number of hydrogen-bond acceptors (Lipinski definition) is 5. The Hall–Kier alpha value is -2.46. The summed E-state index contributed by atoms with van der Waals surface area (Å²) in [5, 5.41) is 0.525. The van der Waals surface area contributed by atoms with Gasteiger partial charge in [-0.05, 0) is 35.4 Å². The first kappa shape index (κ1) is 19.3. The lowest BCUT2D eigenvalue weighted by Gasteiger charge is -2.26. The second-order valence-corrected chi connectivity index (χ2v) is 7.64. The summed E-state index contributed by atoms with van der Waals surface area (Å²) >= 11 is 0. The van der Waals surface area contributed by atoms with E-state index in [-0.39, 0.29) is 27.5 Å². The van der Waals surface area contributed by atoms with Crippen LogP contribution in [0.3, 0.4) is 0 Å². The third-order valence-corrected chi connectivity index (χ3v) is 5.42. The summed E-state index contributed by atoms with van der Waals surface area (Å²) in [5.41, 5.74) is -5.12. The minimum absolute atomic E-state index is 0.107. The topological polar surface area (TPSA) is 80.8 Å². The molecular weight excluding hydrogens is 387 g/mol. The number of halogens is 3. The van der Waals surface area contributed by atoms with E-state index in [1.54, 1.807) is 12.1 Å². The molecule has 27 heavy (non-hydrogen) atoms. The van der Waals surface area contributed by atoms with E-state index in [9.17, 15) is 31.2 Å². The fourth-order valence-corrected chi connectivity index (χ4v) is 3.37. The van der Waals surface area contributed by atoms with Crippen molar-refractivity contribution in [1.29, 1.82) is 0 Å². The van der Waals surface area contributed by atoms with E-state index in [0.717, 1.165) is 12.0 Å². The molecule has 6 nitrogen and oxygen atoms in total. The maximum absolute atomic E-state index is 12.6. The van der Waals surface area contributed by atoms with Gasteiger partial charge in [-0.1, -0.05) is 32.0 Å². The molecule has 0 aliphatic carbocycles. The van der Waals surface area contributed by atoms with Gasteiger partial charge in [0, 0.05) is 5.39 Å². The van der Waals surface area contributed by atoms with Gasteiger partial charge in [-0.3, -0.25) is 9.59 Å². The number of carbonyl (C=O) groups excluding carboxylic acids is 2. The summed E-state index contributed by atoms with van der Waals surface area (Å²) in [5.74, 6) is -2.43. The van der Waals surface area contributed by atoms with E-state index >= 15 is 0 Å². The highest BCUT2D eigenvalue weighted by molar-refractivity contribution is 7.87. The van der Waals surface area contributed by atoms with Gasteiger partial charge in [0.25, 0.3) is 11.8 Å². The second-order valence-electron chi connectivity index (χ2n) is 6.12. The van der Waals surface area contributed by atoms with Crippen molar-refractivity contribution in [3.63, 3.8) is 0 Å². The third-order valence-electron chi connectivity index (χ3n) is 4.50. The lowest BCUT2D eigenvalue weighted by molar-refractivity contribution is -0.0761.